The Balaban J connectivity index is 2.61. The van der Waals surface area contributed by atoms with E-state index in [9.17, 15) is 0 Å². The smallest absolute Gasteiger partial charge is 0.112 e. The van der Waals surface area contributed by atoms with Crippen LogP contribution >= 0.6 is 27.5 Å². The van der Waals surface area contributed by atoms with E-state index in [0.29, 0.717) is 18.1 Å². The molecule has 0 saturated carbocycles. The van der Waals surface area contributed by atoms with Gasteiger partial charge in [-0.25, -0.2) is 0 Å². The van der Waals surface area contributed by atoms with E-state index in [2.05, 4.69) is 21.0 Å². The molecule has 1 aromatic heterocycles. The molecule has 0 saturated heterocycles. The average Bonchev–Trinajstić information content (AvgIpc) is 2.44. The van der Waals surface area contributed by atoms with Gasteiger partial charge in [0.05, 0.1) is 12.1 Å². The van der Waals surface area contributed by atoms with Gasteiger partial charge in [0, 0.05) is 17.0 Å². The lowest BCUT2D eigenvalue weighted by atomic mass is 10.3. The largest absolute Gasteiger partial charge is 0.329 e. The van der Waals surface area contributed by atoms with Gasteiger partial charge in [-0.2, -0.15) is 5.10 Å². The summed E-state index contributed by atoms with van der Waals surface area (Å²) in [4.78, 5) is 0. The molecule has 3 nitrogen and oxygen atoms in total. The molecule has 5 heteroatoms. The maximum Gasteiger partial charge on any atom is 0.112 e. The second kappa shape index (κ2) is 3.88. The molecule has 2 rings (SSSR count). The molecule has 0 aliphatic rings. The van der Waals surface area contributed by atoms with Gasteiger partial charge in [-0.3, -0.25) is 4.68 Å². The lowest BCUT2D eigenvalue weighted by Gasteiger charge is -1.97. The molecule has 0 amide bonds. The molecular weight excluding hydrogens is 265 g/mol. The van der Waals surface area contributed by atoms with E-state index in [0.717, 1.165) is 15.5 Å². The summed E-state index contributed by atoms with van der Waals surface area (Å²) in [6, 6.07) is 5.64. The average molecular weight is 275 g/mol. The van der Waals surface area contributed by atoms with Crippen LogP contribution in [0.4, 0.5) is 0 Å². The van der Waals surface area contributed by atoms with E-state index in [4.69, 9.17) is 17.3 Å². The fourth-order valence-corrected chi connectivity index (χ4v) is 2.10. The van der Waals surface area contributed by atoms with Crippen LogP contribution in [0.5, 0.6) is 0 Å². The van der Waals surface area contributed by atoms with Crippen LogP contribution in [0.25, 0.3) is 10.9 Å². The number of aromatic nitrogens is 2. The number of rotatable bonds is 2. The van der Waals surface area contributed by atoms with Crippen LogP contribution in [0.1, 0.15) is 0 Å². The second-order valence-electron chi connectivity index (χ2n) is 2.96. The van der Waals surface area contributed by atoms with Crippen molar-refractivity contribution in [2.75, 3.05) is 6.54 Å². The molecular formula is C9H9BrClN3. The first-order valence-corrected chi connectivity index (χ1v) is 5.41. The number of hydrogen-bond donors (Lipinski definition) is 1. The minimum Gasteiger partial charge on any atom is -0.329 e. The predicted molar refractivity (Wildman–Crippen MR) is 61.5 cm³/mol. The first kappa shape index (κ1) is 9.96. The fourth-order valence-electron chi connectivity index (χ4n) is 1.35. The number of hydrogen-bond acceptors (Lipinski definition) is 2. The molecule has 0 aliphatic heterocycles. The van der Waals surface area contributed by atoms with Gasteiger partial charge in [-0.05, 0) is 34.1 Å². The molecule has 14 heavy (non-hydrogen) atoms. The van der Waals surface area contributed by atoms with E-state index in [-0.39, 0.29) is 0 Å². The molecule has 0 fully saturated rings. The SMILES string of the molecule is NCCn1nc2cc(Cl)ccc2c1Br. The number of fused-ring (bicyclic) bond motifs is 1. The molecule has 74 valence electrons. The maximum atomic E-state index is 5.87. The van der Waals surface area contributed by atoms with Gasteiger partial charge >= 0.3 is 0 Å². The van der Waals surface area contributed by atoms with Crippen LogP contribution in [0.2, 0.25) is 5.02 Å². The summed E-state index contributed by atoms with van der Waals surface area (Å²) >= 11 is 9.35. The minimum absolute atomic E-state index is 0.570. The van der Waals surface area contributed by atoms with Gasteiger partial charge in [0.25, 0.3) is 0 Å². The summed E-state index contributed by atoms with van der Waals surface area (Å²) < 4.78 is 2.79. The molecule has 0 spiro atoms. The highest BCUT2D eigenvalue weighted by atomic mass is 79.9. The van der Waals surface area contributed by atoms with Crippen molar-refractivity contribution >= 4 is 38.4 Å². The lowest BCUT2D eigenvalue weighted by Crippen LogP contribution is -2.10. The fraction of sp³-hybridized carbons (Fsp3) is 0.222. The lowest BCUT2D eigenvalue weighted by molar-refractivity contribution is 0.619. The summed E-state index contributed by atoms with van der Waals surface area (Å²) in [6.45, 7) is 1.27. The number of nitrogens with zero attached hydrogens (tertiary/aromatic N) is 2. The Morgan fingerprint density at radius 3 is 3.00 bits per heavy atom. The van der Waals surface area contributed by atoms with Gasteiger partial charge in [0.1, 0.15) is 4.60 Å². The third-order valence-corrected chi connectivity index (χ3v) is 3.05. The standard InChI is InChI=1S/C9H9BrClN3/c10-9-7-2-1-6(11)5-8(7)13-14(9)4-3-12/h1-2,5H,3-4,12H2. The molecule has 0 radical (unpaired) electrons. The first-order chi connectivity index (χ1) is 6.72. The number of halogens is 2. The Morgan fingerprint density at radius 2 is 2.29 bits per heavy atom. The molecule has 1 heterocycles. The normalized spacial score (nSPS) is 11.1. The highest BCUT2D eigenvalue weighted by Gasteiger charge is 2.07. The van der Waals surface area contributed by atoms with Crippen LogP contribution in [0, 0.1) is 0 Å². The molecule has 0 bridgehead atoms. The quantitative estimate of drug-likeness (QED) is 0.914. The van der Waals surface area contributed by atoms with Crippen molar-refractivity contribution in [3.05, 3.63) is 27.8 Å². The summed E-state index contributed by atoms with van der Waals surface area (Å²) in [6.07, 6.45) is 0. The van der Waals surface area contributed by atoms with Crippen molar-refractivity contribution in [3.8, 4) is 0 Å². The number of nitrogens with two attached hydrogens (primary N) is 1. The van der Waals surface area contributed by atoms with Gasteiger partial charge in [0.15, 0.2) is 0 Å². The van der Waals surface area contributed by atoms with Gasteiger partial charge in [0.2, 0.25) is 0 Å². The Hall–Kier alpha value is -0.580. The van der Waals surface area contributed by atoms with Crippen LogP contribution in [0.15, 0.2) is 22.8 Å². The zero-order valence-electron chi connectivity index (χ0n) is 7.37. The molecule has 1 aromatic carbocycles. The third kappa shape index (κ3) is 1.65. The van der Waals surface area contributed by atoms with E-state index in [1.807, 2.05) is 22.9 Å². The van der Waals surface area contributed by atoms with Crippen molar-refractivity contribution in [2.24, 2.45) is 5.73 Å². The van der Waals surface area contributed by atoms with Gasteiger partial charge in [-0.15, -0.1) is 0 Å². The van der Waals surface area contributed by atoms with Crippen molar-refractivity contribution < 1.29 is 0 Å². The monoisotopic (exact) mass is 273 g/mol. The van der Waals surface area contributed by atoms with Crippen LogP contribution in [-0.2, 0) is 6.54 Å². The van der Waals surface area contributed by atoms with Crippen LogP contribution in [0.3, 0.4) is 0 Å². The Labute approximate surface area is 95.0 Å². The van der Waals surface area contributed by atoms with Crippen molar-refractivity contribution in [3.63, 3.8) is 0 Å². The van der Waals surface area contributed by atoms with Crippen LogP contribution < -0.4 is 5.73 Å². The zero-order valence-corrected chi connectivity index (χ0v) is 9.72. The summed E-state index contributed by atoms with van der Waals surface area (Å²) in [7, 11) is 0. The third-order valence-electron chi connectivity index (χ3n) is 1.98. The molecule has 0 aliphatic carbocycles. The Bertz CT molecular complexity index is 466. The van der Waals surface area contributed by atoms with E-state index >= 15 is 0 Å². The Kier molecular flexibility index (Phi) is 2.76. The second-order valence-corrected chi connectivity index (χ2v) is 4.15. The predicted octanol–water partition coefficient (Wildman–Crippen LogP) is 2.41. The molecule has 0 unspecified atom stereocenters. The maximum absolute atomic E-state index is 5.87. The van der Waals surface area contributed by atoms with Crippen molar-refractivity contribution in [1.82, 2.24) is 9.78 Å². The summed E-state index contributed by atoms with van der Waals surface area (Å²) in [5.74, 6) is 0. The van der Waals surface area contributed by atoms with E-state index < -0.39 is 0 Å². The minimum atomic E-state index is 0.570. The molecule has 2 N–H and O–H groups in total. The van der Waals surface area contributed by atoms with E-state index in [1.165, 1.54) is 0 Å². The topological polar surface area (TPSA) is 43.8 Å². The first-order valence-electron chi connectivity index (χ1n) is 4.24. The van der Waals surface area contributed by atoms with E-state index in [1.54, 1.807) is 0 Å². The van der Waals surface area contributed by atoms with Crippen molar-refractivity contribution in [1.29, 1.82) is 0 Å². The summed E-state index contributed by atoms with van der Waals surface area (Å²) in [5.41, 5.74) is 6.36. The van der Waals surface area contributed by atoms with Crippen LogP contribution in [-0.4, -0.2) is 16.3 Å². The highest BCUT2D eigenvalue weighted by Crippen LogP contribution is 2.25. The van der Waals surface area contributed by atoms with Gasteiger partial charge < -0.3 is 5.73 Å². The molecule has 2 aromatic rings. The summed E-state index contributed by atoms with van der Waals surface area (Å²) in [5, 5.41) is 6.12. The van der Waals surface area contributed by atoms with Gasteiger partial charge in [-0.1, -0.05) is 11.6 Å². The highest BCUT2D eigenvalue weighted by molar-refractivity contribution is 9.10. The Morgan fingerprint density at radius 1 is 1.50 bits per heavy atom. The zero-order chi connectivity index (χ0) is 10.1. The number of benzene rings is 1. The van der Waals surface area contributed by atoms with Crippen molar-refractivity contribution in [2.45, 2.75) is 6.54 Å². The molecule has 0 atom stereocenters.